The molecule has 106 valence electrons. The standard InChI is InChI=1S/C16H20N2O2/c19-13-5-1-2-10-17-16(20)14-6-8-15(9-7-14)18-11-3-4-12-18/h3-4,6-9,11-12,19H,1-2,5,10,13H2,(H,17,20). The van der Waals surface area contributed by atoms with E-state index in [9.17, 15) is 4.79 Å². The molecule has 0 unspecified atom stereocenters. The summed E-state index contributed by atoms with van der Waals surface area (Å²) in [7, 11) is 0. The summed E-state index contributed by atoms with van der Waals surface area (Å²) in [5.41, 5.74) is 1.71. The van der Waals surface area contributed by atoms with Crippen LogP contribution in [0.15, 0.2) is 48.8 Å². The Bertz CT molecular complexity index is 518. The molecule has 0 fully saturated rings. The van der Waals surface area contributed by atoms with E-state index in [2.05, 4.69) is 5.32 Å². The van der Waals surface area contributed by atoms with Crippen LogP contribution in [0.1, 0.15) is 29.6 Å². The molecule has 0 aliphatic carbocycles. The van der Waals surface area contributed by atoms with Gasteiger partial charge < -0.3 is 15.0 Å². The minimum Gasteiger partial charge on any atom is -0.396 e. The van der Waals surface area contributed by atoms with Gasteiger partial charge in [0.15, 0.2) is 0 Å². The highest BCUT2D eigenvalue weighted by molar-refractivity contribution is 5.94. The zero-order chi connectivity index (χ0) is 14.2. The van der Waals surface area contributed by atoms with Crippen molar-refractivity contribution in [3.8, 4) is 5.69 Å². The van der Waals surface area contributed by atoms with E-state index in [1.807, 2.05) is 53.4 Å². The van der Waals surface area contributed by atoms with Crippen LogP contribution in [0.3, 0.4) is 0 Å². The number of aliphatic hydroxyl groups is 1. The summed E-state index contributed by atoms with van der Waals surface area (Å²) in [4.78, 5) is 11.9. The minimum atomic E-state index is -0.0481. The summed E-state index contributed by atoms with van der Waals surface area (Å²) in [5.74, 6) is -0.0481. The number of hydrogen-bond donors (Lipinski definition) is 2. The number of aromatic nitrogens is 1. The Morgan fingerprint density at radius 2 is 1.75 bits per heavy atom. The molecule has 0 atom stereocenters. The number of rotatable bonds is 7. The third kappa shape index (κ3) is 3.96. The number of unbranched alkanes of at least 4 members (excludes halogenated alkanes) is 2. The van der Waals surface area contributed by atoms with Crippen molar-refractivity contribution < 1.29 is 9.90 Å². The average molecular weight is 272 g/mol. The van der Waals surface area contributed by atoms with Crippen molar-refractivity contribution in [1.82, 2.24) is 9.88 Å². The van der Waals surface area contributed by atoms with Crippen LogP contribution < -0.4 is 5.32 Å². The maximum atomic E-state index is 11.9. The highest BCUT2D eigenvalue weighted by Crippen LogP contribution is 2.10. The van der Waals surface area contributed by atoms with E-state index in [4.69, 9.17) is 5.11 Å². The fraction of sp³-hybridized carbons (Fsp3) is 0.312. The fourth-order valence-corrected chi connectivity index (χ4v) is 2.01. The molecule has 0 radical (unpaired) electrons. The van der Waals surface area contributed by atoms with E-state index >= 15 is 0 Å². The van der Waals surface area contributed by atoms with Gasteiger partial charge in [0.05, 0.1) is 0 Å². The van der Waals surface area contributed by atoms with Crippen molar-refractivity contribution in [3.05, 3.63) is 54.4 Å². The van der Waals surface area contributed by atoms with E-state index in [-0.39, 0.29) is 12.5 Å². The Hall–Kier alpha value is -2.07. The van der Waals surface area contributed by atoms with E-state index < -0.39 is 0 Å². The average Bonchev–Trinajstić information content (AvgIpc) is 3.01. The number of amides is 1. The van der Waals surface area contributed by atoms with E-state index in [1.165, 1.54) is 0 Å². The van der Waals surface area contributed by atoms with Crippen LogP contribution in [0.25, 0.3) is 5.69 Å². The molecule has 1 amide bonds. The molecule has 2 N–H and O–H groups in total. The van der Waals surface area contributed by atoms with Crippen molar-refractivity contribution in [2.75, 3.05) is 13.2 Å². The number of nitrogens with one attached hydrogen (secondary N) is 1. The Morgan fingerprint density at radius 1 is 1.05 bits per heavy atom. The minimum absolute atomic E-state index is 0.0481. The Morgan fingerprint density at radius 3 is 2.40 bits per heavy atom. The molecule has 0 aliphatic heterocycles. The molecule has 1 heterocycles. The summed E-state index contributed by atoms with van der Waals surface area (Å²) >= 11 is 0. The van der Waals surface area contributed by atoms with Gasteiger partial charge in [-0.25, -0.2) is 0 Å². The van der Waals surface area contributed by atoms with E-state index in [0.29, 0.717) is 12.1 Å². The number of hydrogen-bond acceptors (Lipinski definition) is 2. The first-order valence-electron chi connectivity index (χ1n) is 6.94. The number of aliphatic hydroxyl groups excluding tert-OH is 1. The molecule has 2 aromatic rings. The van der Waals surface area contributed by atoms with Crippen molar-refractivity contribution in [1.29, 1.82) is 0 Å². The van der Waals surface area contributed by atoms with Gasteiger partial charge >= 0.3 is 0 Å². The van der Waals surface area contributed by atoms with Crippen LogP contribution >= 0.6 is 0 Å². The zero-order valence-electron chi connectivity index (χ0n) is 11.5. The van der Waals surface area contributed by atoms with Gasteiger partial charge in [0.25, 0.3) is 5.91 Å². The van der Waals surface area contributed by atoms with Gasteiger partial charge in [0, 0.05) is 36.8 Å². The van der Waals surface area contributed by atoms with Crippen LogP contribution in [0, 0.1) is 0 Å². The SMILES string of the molecule is O=C(NCCCCCO)c1ccc(-n2cccc2)cc1. The second kappa shape index (κ2) is 7.50. The summed E-state index contributed by atoms with van der Waals surface area (Å²) in [5, 5.41) is 11.6. The topological polar surface area (TPSA) is 54.3 Å². The second-order valence-corrected chi connectivity index (χ2v) is 4.68. The van der Waals surface area contributed by atoms with Crippen molar-refractivity contribution in [2.24, 2.45) is 0 Å². The van der Waals surface area contributed by atoms with Crippen LogP contribution in [-0.4, -0.2) is 28.7 Å². The molecule has 2 rings (SSSR count). The van der Waals surface area contributed by atoms with Gasteiger partial charge in [-0.05, 0) is 55.7 Å². The van der Waals surface area contributed by atoms with E-state index in [1.54, 1.807) is 0 Å². The maximum Gasteiger partial charge on any atom is 0.251 e. The highest BCUT2D eigenvalue weighted by atomic mass is 16.2. The van der Waals surface area contributed by atoms with Gasteiger partial charge in [-0.2, -0.15) is 0 Å². The quantitative estimate of drug-likeness (QED) is 0.760. The lowest BCUT2D eigenvalue weighted by molar-refractivity contribution is 0.0953. The summed E-state index contributed by atoms with van der Waals surface area (Å²) in [6.07, 6.45) is 6.56. The van der Waals surface area contributed by atoms with Gasteiger partial charge in [0.2, 0.25) is 0 Å². The van der Waals surface area contributed by atoms with Gasteiger partial charge in [-0.3, -0.25) is 4.79 Å². The largest absolute Gasteiger partial charge is 0.396 e. The highest BCUT2D eigenvalue weighted by Gasteiger charge is 2.04. The molecule has 1 aromatic heterocycles. The summed E-state index contributed by atoms with van der Waals surface area (Å²) in [6.45, 7) is 0.868. The third-order valence-corrected chi connectivity index (χ3v) is 3.15. The van der Waals surface area contributed by atoms with Crippen LogP contribution in [-0.2, 0) is 0 Å². The molecule has 0 saturated carbocycles. The van der Waals surface area contributed by atoms with Crippen LogP contribution in [0.4, 0.5) is 0 Å². The molecule has 1 aromatic carbocycles. The molecular formula is C16H20N2O2. The lowest BCUT2D eigenvalue weighted by Crippen LogP contribution is -2.24. The van der Waals surface area contributed by atoms with Crippen molar-refractivity contribution >= 4 is 5.91 Å². The normalized spacial score (nSPS) is 10.4. The molecule has 4 heteroatoms. The maximum absolute atomic E-state index is 11.9. The van der Waals surface area contributed by atoms with Crippen molar-refractivity contribution in [3.63, 3.8) is 0 Å². The van der Waals surface area contributed by atoms with Crippen LogP contribution in [0.2, 0.25) is 0 Å². The molecule has 4 nitrogen and oxygen atoms in total. The predicted octanol–water partition coefficient (Wildman–Crippen LogP) is 2.37. The fourth-order valence-electron chi connectivity index (χ4n) is 2.01. The molecule has 0 spiro atoms. The monoisotopic (exact) mass is 272 g/mol. The lowest BCUT2D eigenvalue weighted by atomic mass is 10.2. The number of carbonyl (C=O) groups excluding carboxylic acids is 1. The predicted molar refractivity (Wildman–Crippen MR) is 79.0 cm³/mol. The van der Waals surface area contributed by atoms with Crippen LogP contribution in [0.5, 0.6) is 0 Å². The van der Waals surface area contributed by atoms with Crippen molar-refractivity contribution in [2.45, 2.75) is 19.3 Å². The molecule has 0 bridgehead atoms. The lowest BCUT2D eigenvalue weighted by Gasteiger charge is -2.07. The summed E-state index contributed by atoms with van der Waals surface area (Å²) in [6, 6.07) is 11.5. The molecular weight excluding hydrogens is 252 g/mol. The van der Waals surface area contributed by atoms with E-state index in [0.717, 1.165) is 24.9 Å². The van der Waals surface area contributed by atoms with Gasteiger partial charge in [-0.15, -0.1) is 0 Å². The smallest absolute Gasteiger partial charge is 0.251 e. The van der Waals surface area contributed by atoms with Gasteiger partial charge in [-0.1, -0.05) is 0 Å². The zero-order valence-corrected chi connectivity index (χ0v) is 11.5. The number of carbonyl (C=O) groups is 1. The number of benzene rings is 1. The second-order valence-electron chi connectivity index (χ2n) is 4.68. The molecule has 0 aliphatic rings. The molecule has 0 saturated heterocycles. The third-order valence-electron chi connectivity index (χ3n) is 3.15. The molecule has 20 heavy (non-hydrogen) atoms. The first-order chi connectivity index (χ1) is 9.81. The Labute approximate surface area is 119 Å². The Balaban J connectivity index is 1.85. The number of nitrogens with zero attached hydrogens (tertiary/aromatic N) is 1. The van der Waals surface area contributed by atoms with Gasteiger partial charge in [0.1, 0.15) is 0 Å². The first kappa shape index (κ1) is 14.3. The Kier molecular flexibility index (Phi) is 5.38. The summed E-state index contributed by atoms with van der Waals surface area (Å²) < 4.78 is 2.00. The first-order valence-corrected chi connectivity index (χ1v) is 6.94.